The molecule has 1 aromatic heterocycles. The highest BCUT2D eigenvalue weighted by Gasteiger charge is 2.36. The van der Waals surface area contributed by atoms with Crippen molar-refractivity contribution in [2.45, 2.75) is 31.6 Å². The number of carbonyl (C=O) groups excluding carboxylic acids is 1. The van der Waals surface area contributed by atoms with Crippen molar-refractivity contribution in [3.05, 3.63) is 47.7 Å². The molecule has 116 valence electrons. The maximum atomic E-state index is 12.5. The fourth-order valence-corrected chi connectivity index (χ4v) is 3.85. The van der Waals surface area contributed by atoms with Gasteiger partial charge in [0.15, 0.2) is 0 Å². The average Bonchev–Trinajstić information content (AvgIpc) is 2.94. The van der Waals surface area contributed by atoms with Crippen molar-refractivity contribution in [1.82, 2.24) is 9.69 Å². The number of benzene rings is 1. The summed E-state index contributed by atoms with van der Waals surface area (Å²) in [6.45, 7) is 3.86. The second-order valence-electron chi connectivity index (χ2n) is 5.95. The Balaban J connectivity index is 1.77. The SMILES string of the molecule is Cc1cc(NC(=O)CC2(c3ccccc3)CCNCC2)sn1. The smallest absolute Gasteiger partial charge is 0.225 e. The number of nitrogens with one attached hydrogen (secondary N) is 2. The quantitative estimate of drug-likeness (QED) is 0.911. The number of carbonyl (C=O) groups is 1. The van der Waals surface area contributed by atoms with Gasteiger partial charge < -0.3 is 10.6 Å². The minimum Gasteiger partial charge on any atom is -0.317 e. The van der Waals surface area contributed by atoms with Gasteiger partial charge in [0.1, 0.15) is 5.00 Å². The Morgan fingerprint density at radius 2 is 2.05 bits per heavy atom. The Labute approximate surface area is 135 Å². The summed E-state index contributed by atoms with van der Waals surface area (Å²) in [6.07, 6.45) is 2.51. The molecule has 3 rings (SSSR count). The molecule has 0 spiro atoms. The van der Waals surface area contributed by atoms with E-state index in [1.165, 1.54) is 17.1 Å². The molecule has 1 aliphatic heterocycles. The zero-order valence-electron chi connectivity index (χ0n) is 12.8. The molecule has 2 heterocycles. The van der Waals surface area contributed by atoms with Crippen LogP contribution in [0.25, 0.3) is 0 Å². The van der Waals surface area contributed by atoms with Crippen LogP contribution in [0.5, 0.6) is 0 Å². The highest BCUT2D eigenvalue weighted by molar-refractivity contribution is 7.10. The third-order valence-electron chi connectivity index (χ3n) is 4.34. The van der Waals surface area contributed by atoms with Gasteiger partial charge in [0.05, 0.1) is 5.69 Å². The molecule has 0 saturated carbocycles. The Hall–Kier alpha value is -1.72. The molecular weight excluding hydrogens is 294 g/mol. The van der Waals surface area contributed by atoms with Gasteiger partial charge in [-0.3, -0.25) is 4.79 Å². The fraction of sp³-hybridized carbons (Fsp3) is 0.412. The maximum Gasteiger partial charge on any atom is 0.225 e. The van der Waals surface area contributed by atoms with E-state index >= 15 is 0 Å². The molecule has 1 aromatic carbocycles. The molecule has 0 aliphatic carbocycles. The molecule has 2 aromatic rings. The summed E-state index contributed by atoms with van der Waals surface area (Å²) in [7, 11) is 0. The number of nitrogens with zero attached hydrogens (tertiary/aromatic N) is 1. The second-order valence-corrected chi connectivity index (χ2v) is 6.76. The van der Waals surface area contributed by atoms with Crippen molar-refractivity contribution in [2.75, 3.05) is 18.4 Å². The van der Waals surface area contributed by atoms with Gasteiger partial charge >= 0.3 is 0 Å². The first-order chi connectivity index (χ1) is 10.7. The van der Waals surface area contributed by atoms with Crippen LogP contribution in [0, 0.1) is 6.92 Å². The zero-order chi connectivity index (χ0) is 15.4. The summed E-state index contributed by atoms with van der Waals surface area (Å²) in [6, 6.07) is 12.4. The lowest BCUT2D eigenvalue weighted by molar-refractivity contribution is -0.117. The maximum absolute atomic E-state index is 12.5. The summed E-state index contributed by atoms with van der Waals surface area (Å²) >= 11 is 1.34. The van der Waals surface area contributed by atoms with E-state index < -0.39 is 0 Å². The molecule has 0 radical (unpaired) electrons. The van der Waals surface area contributed by atoms with Crippen LogP contribution in [0.2, 0.25) is 0 Å². The van der Waals surface area contributed by atoms with Gasteiger partial charge in [0, 0.05) is 11.8 Å². The summed E-state index contributed by atoms with van der Waals surface area (Å²) in [5.74, 6) is 0.0782. The molecule has 0 atom stereocenters. The number of piperidine rings is 1. The van der Waals surface area contributed by atoms with Crippen molar-refractivity contribution in [1.29, 1.82) is 0 Å². The van der Waals surface area contributed by atoms with Crippen molar-refractivity contribution in [3.8, 4) is 0 Å². The van der Waals surface area contributed by atoms with E-state index in [4.69, 9.17) is 0 Å². The van der Waals surface area contributed by atoms with Gasteiger partial charge in [0.25, 0.3) is 0 Å². The minimum atomic E-state index is -0.0592. The van der Waals surface area contributed by atoms with Crippen molar-refractivity contribution < 1.29 is 4.79 Å². The standard InChI is InChI=1S/C17H21N3OS/c1-13-11-16(22-20-13)19-15(21)12-17(7-9-18-10-8-17)14-5-3-2-4-6-14/h2-6,11,18H,7-10,12H2,1H3,(H,19,21). The van der Waals surface area contributed by atoms with E-state index in [1.807, 2.05) is 19.1 Å². The summed E-state index contributed by atoms with van der Waals surface area (Å²) < 4.78 is 4.21. The molecule has 1 saturated heterocycles. The van der Waals surface area contributed by atoms with Crippen LogP contribution in [0.3, 0.4) is 0 Å². The molecule has 1 fully saturated rings. The Kier molecular flexibility index (Phi) is 4.55. The zero-order valence-corrected chi connectivity index (χ0v) is 13.6. The lowest BCUT2D eigenvalue weighted by atomic mass is 9.70. The van der Waals surface area contributed by atoms with Crippen LogP contribution in [0.15, 0.2) is 36.4 Å². The van der Waals surface area contributed by atoms with Crippen LogP contribution < -0.4 is 10.6 Å². The molecule has 5 heteroatoms. The minimum absolute atomic E-state index is 0.0592. The first kappa shape index (κ1) is 15.2. The molecule has 22 heavy (non-hydrogen) atoms. The number of hydrogen-bond donors (Lipinski definition) is 2. The van der Waals surface area contributed by atoms with Gasteiger partial charge in [-0.2, -0.15) is 4.37 Å². The highest BCUT2D eigenvalue weighted by Crippen LogP contribution is 2.37. The van der Waals surface area contributed by atoms with Crippen molar-refractivity contribution >= 4 is 22.4 Å². The molecule has 1 amide bonds. The van der Waals surface area contributed by atoms with Crippen molar-refractivity contribution in [2.24, 2.45) is 0 Å². The summed E-state index contributed by atoms with van der Waals surface area (Å²) in [5, 5.41) is 7.23. The lowest BCUT2D eigenvalue weighted by Crippen LogP contribution is -2.42. The molecule has 0 bridgehead atoms. The molecule has 2 N–H and O–H groups in total. The van der Waals surface area contributed by atoms with Crippen molar-refractivity contribution in [3.63, 3.8) is 0 Å². The number of aromatic nitrogens is 1. The van der Waals surface area contributed by atoms with Crippen LogP contribution >= 0.6 is 11.5 Å². The average molecular weight is 315 g/mol. The van der Waals surface area contributed by atoms with Crippen LogP contribution in [0.1, 0.15) is 30.5 Å². The third kappa shape index (κ3) is 3.36. The largest absolute Gasteiger partial charge is 0.317 e. The Morgan fingerprint density at radius 1 is 1.32 bits per heavy atom. The van der Waals surface area contributed by atoms with Crippen LogP contribution in [0.4, 0.5) is 5.00 Å². The first-order valence-electron chi connectivity index (χ1n) is 7.67. The van der Waals surface area contributed by atoms with E-state index in [0.29, 0.717) is 6.42 Å². The van der Waals surface area contributed by atoms with Gasteiger partial charge in [0.2, 0.25) is 5.91 Å². The predicted molar refractivity (Wildman–Crippen MR) is 90.3 cm³/mol. The topological polar surface area (TPSA) is 54.0 Å². The van der Waals surface area contributed by atoms with E-state index in [0.717, 1.165) is 36.6 Å². The van der Waals surface area contributed by atoms with E-state index in [-0.39, 0.29) is 11.3 Å². The monoisotopic (exact) mass is 315 g/mol. The summed E-state index contributed by atoms with van der Waals surface area (Å²) in [5.41, 5.74) is 2.16. The Morgan fingerprint density at radius 3 is 2.68 bits per heavy atom. The first-order valence-corrected chi connectivity index (χ1v) is 8.45. The number of hydrogen-bond acceptors (Lipinski definition) is 4. The lowest BCUT2D eigenvalue weighted by Gasteiger charge is -2.37. The second kappa shape index (κ2) is 6.58. The summed E-state index contributed by atoms with van der Waals surface area (Å²) in [4.78, 5) is 12.5. The molecule has 4 nitrogen and oxygen atoms in total. The number of anilines is 1. The number of amides is 1. The van der Waals surface area contributed by atoms with Crippen LogP contribution in [-0.2, 0) is 10.2 Å². The van der Waals surface area contributed by atoms with E-state index in [9.17, 15) is 4.79 Å². The van der Waals surface area contributed by atoms with Gasteiger partial charge in [-0.25, -0.2) is 0 Å². The fourth-order valence-electron chi connectivity index (χ4n) is 3.18. The molecular formula is C17H21N3OS. The third-order valence-corrected chi connectivity index (χ3v) is 5.13. The molecule has 1 aliphatic rings. The van der Waals surface area contributed by atoms with E-state index in [2.05, 4.69) is 39.3 Å². The molecule has 0 unspecified atom stereocenters. The highest BCUT2D eigenvalue weighted by atomic mass is 32.1. The van der Waals surface area contributed by atoms with Gasteiger partial charge in [-0.15, -0.1) is 0 Å². The number of rotatable bonds is 4. The Bertz CT molecular complexity index is 632. The van der Waals surface area contributed by atoms with Crippen LogP contribution in [-0.4, -0.2) is 23.4 Å². The predicted octanol–water partition coefficient (Wildman–Crippen LogP) is 3.10. The van der Waals surface area contributed by atoms with E-state index in [1.54, 1.807) is 0 Å². The van der Waals surface area contributed by atoms with Gasteiger partial charge in [-0.05, 0) is 56.0 Å². The van der Waals surface area contributed by atoms with Gasteiger partial charge in [-0.1, -0.05) is 30.3 Å². The normalized spacial score (nSPS) is 17.1. The number of aryl methyl sites for hydroxylation is 1.